The molecule has 0 radical (unpaired) electrons. The summed E-state index contributed by atoms with van der Waals surface area (Å²) in [6, 6.07) is 5.67. The second-order valence-corrected chi connectivity index (χ2v) is 13.7. The second-order valence-electron chi connectivity index (χ2n) is 4.02. The summed E-state index contributed by atoms with van der Waals surface area (Å²) >= 11 is 17.4. The molecule has 0 aromatic carbocycles. The Labute approximate surface area is 195 Å². The first kappa shape index (κ1) is 30.0. The smallest absolute Gasteiger partial charge is 0.324 e. The number of nitrogens with zero attached hydrogens (tertiary/aromatic N) is 4. The number of primary amides is 1. The number of alkyl halides is 6. The highest BCUT2D eigenvalue weighted by atomic mass is 79.9. The van der Waals surface area contributed by atoms with Gasteiger partial charge in [-0.05, 0) is 38.3 Å². The van der Waals surface area contributed by atoms with E-state index in [0.29, 0.717) is 18.2 Å². The number of halogens is 6. The summed E-state index contributed by atoms with van der Waals surface area (Å²) in [5.74, 6) is -0.750. The summed E-state index contributed by atoms with van der Waals surface area (Å²) in [4.78, 5) is 19.4. The first-order valence-electron chi connectivity index (χ1n) is 5.78. The third kappa shape index (κ3) is 17.4. The standard InChI is InChI=1S/C6H6Br2N2.C3H2Br2N2O.C2H3Br2NO2/c7-4-6(8,5-10)2-1-3-9;4-3(5,1-6)2(7)8;1-2(3,4)5(6)7/h1-2,4H2;(H2,7,8);1H3. The molecule has 14 heteroatoms. The molecule has 0 fully saturated rings. The van der Waals surface area contributed by atoms with Gasteiger partial charge in [-0.3, -0.25) is 14.9 Å². The van der Waals surface area contributed by atoms with Gasteiger partial charge in [-0.15, -0.1) is 0 Å². The zero-order chi connectivity index (χ0) is 20.9. The highest BCUT2D eigenvalue weighted by Gasteiger charge is 2.29. The number of nitro groups is 1. The van der Waals surface area contributed by atoms with Crippen molar-refractivity contribution in [1.29, 1.82) is 15.8 Å². The number of amides is 1. The lowest BCUT2D eigenvalue weighted by Gasteiger charge is -2.12. The summed E-state index contributed by atoms with van der Waals surface area (Å²) in [6.07, 6.45) is 0.968. The quantitative estimate of drug-likeness (QED) is 0.189. The lowest BCUT2D eigenvalue weighted by Crippen LogP contribution is -2.30. The number of hydrogen-bond acceptors (Lipinski definition) is 6. The monoisotopic (exact) mass is 735 g/mol. The minimum atomic E-state index is -1.39. The SMILES string of the molecule is CC(Br)(Br)[N+](=O)[O-].N#CC(Br)(Br)C(N)=O.N#CCCC(Br)(C#N)CBr. The van der Waals surface area contributed by atoms with Crippen LogP contribution in [0.25, 0.3) is 0 Å². The molecule has 0 aliphatic heterocycles. The van der Waals surface area contributed by atoms with Gasteiger partial charge in [-0.1, -0.05) is 31.9 Å². The maximum Gasteiger partial charge on any atom is 0.324 e. The fraction of sp³-hybridized carbons (Fsp3) is 0.636. The van der Waals surface area contributed by atoms with Gasteiger partial charge in [0.25, 0.3) is 5.91 Å². The Morgan fingerprint density at radius 1 is 1.16 bits per heavy atom. The fourth-order valence-corrected chi connectivity index (χ4v) is 1.07. The summed E-state index contributed by atoms with van der Waals surface area (Å²) in [5, 5.41) is 35.2. The van der Waals surface area contributed by atoms with Crippen molar-refractivity contribution >= 4 is 101 Å². The summed E-state index contributed by atoms with van der Waals surface area (Å²) in [6.45, 7) is 1.40. The van der Waals surface area contributed by atoms with Gasteiger partial charge in [0.15, 0.2) is 0 Å². The number of nitriles is 3. The van der Waals surface area contributed by atoms with Crippen LogP contribution in [-0.4, -0.2) is 27.1 Å². The van der Waals surface area contributed by atoms with Crippen molar-refractivity contribution in [2.45, 2.75) is 30.7 Å². The third-order valence-corrected chi connectivity index (χ3v) is 6.09. The van der Waals surface area contributed by atoms with E-state index in [4.69, 9.17) is 21.5 Å². The average molecular weight is 741 g/mol. The first-order chi connectivity index (χ1) is 11.1. The van der Waals surface area contributed by atoms with E-state index >= 15 is 0 Å². The van der Waals surface area contributed by atoms with Crippen molar-refractivity contribution in [1.82, 2.24) is 0 Å². The van der Waals surface area contributed by atoms with Crippen molar-refractivity contribution in [2.24, 2.45) is 5.73 Å². The van der Waals surface area contributed by atoms with Crippen LogP contribution in [-0.2, 0) is 4.79 Å². The molecule has 0 spiro atoms. The number of carbonyl (C=O) groups is 1. The minimum absolute atomic E-state index is 0.407. The molecule has 140 valence electrons. The van der Waals surface area contributed by atoms with Crippen molar-refractivity contribution in [3.8, 4) is 18.2 Å². The van der Waals surface area contributed by atoms with Crippen LogP contribution in [0.3, 0.4) is 0 Å². The van der Waals surface area contributed by atoms with E-state index in [1.807, 2.05) is 6.07 Å². The molecule has 0 saturated heterocycles. The molecule has 2 N–H and O–H groups in total. The Kier molecular flexibility index (Phi) is 17.1. The molecule has 1 amide bonds. The Morgan fingerprint density at radius 3 is 1.68 bits per heavy atom. The Morgan fingerprint density at radius 2 is 1.56 bits per heavy atom. The van der Waals surface area contributed by atoms with Crippen molar-refractivity contribution < 1.29 is 9.72 Å². The van der Waals surface area contributed by atoms with Gasteiger partial charge < -0.3 is 5.73 Å². The molecular formula is C11H11Br6N5O3. The van der Waals surface area contributed by atoms with E-state index in [-0.39, 0.29) is 0 Å². The topological polar surface area (TPSA) is 158 Å². The Hall–Kier alpha value is 0.220. The van der Waals surface area contributed by atoms with E-state index in [2.05, 4.69) is 102 Å². The lowest BCUT2D eigenvalue weighted by molar-refractivity contribution is -0.499. The molecule has 0 heterocycles. The van der Waals surface area contributed by atoms with Crippen LogP contribution in [0.2, 0.25) is 0 Å². The van der Waals surface area contributed by atoms with Gasteiger partial charge in [0, 0.05) is 55.5 Å². The molecular weight excluding hydrogens is 730 g/mol. The predicted octanol–water partition coefficient (Wildman–Crippen LogP) is 4.55. The van der Waals surface area contributed by atoms with Crippen LogP contribution in [0.15, 0.2) is 0 Å². The first-order valence-corrected chi connectivity index (χ1v) is 10.9. The van der Waals surface area contributed by atoms with Crippen LogP contribution in [0, 0.1) is 44.1 Å². The van der Waals surface area contributed by atoms with Crippen LogP contribution in [0.1, 0.15) is 19.8 Å². The molecule has 0 saturated carbocycles. The number of rotatable bonds is 5. The van der Waals surface area contributed by atoms with Crippen molar-refractivity contribution in [3.05, 3.63) is 10.1 Å². The van der Waals surface area contributed by atoms with Crippen molar-refractivity contribution in [3.63, 3.8) is 0 Å². The van der Waals surface area contributed by atoms with E-state index in [0.717, 1.165) is 0 Å². The van der Waals surface area contributed by atoms with E-state index in [1.165, 1.54) is 6.92 Å². The molecule has 25 heavy (non-hydrogen) atoms. The summed E-state index contributed by atoms with van der Waals surface area (Å²) < 4.78 is -3.09. The molecule has 1 atom stereocenters. The van der Waals surface area contributed by atoms with Crippen LogP contribution < -0.4 is 5.73 Å². The van der Waals surface area contributed by atoms with Crippen LogP contribution >= 0.6 is 95.6 Å². The number of carbonyl (C=O) groups excluding carboxylic acids is 1. The summed E-state index contributed by atoms with van der Waals surface area (Å²) in [5.41, 5.74) is 4.73. The maximum atomic E-state index is 10.2. The summed E-state index contributed by atoms with van der Waals surface area (Å²) in [7, 11) is 0. The highest BCUT2D eigenvalue weighted by Crippen LogP contribution is 2.25. The van der Waals surface area contributed by atoms with Gasteiger partial charge in [-0.25, -0.2) is 0 Å². The van der Waals surface area contributed by atoms with Gasteiger partial charge in [0.05, 0.1) is 12.1 Å². The third-order valence-electron chi connectivity index (χ3n) is 1.82. The Balaban J connectivity index is -0.000000296. The highest BCUT2D eigenvalue weighted by molar-refractivity contribution is 9.26. The van der Waals surface area contributed by atoms with E-state index in [1.54, 1.807) is 6.07 Å². The van der Waals surface area contributed by atoms with Crippen LogP contribution in [0.5, 0.6) is 0 Å². The predicted molar refractivity (Wildman–Crippen MR) is 115 cm³/mol. The van der Waals surface area contributed by atoms with Gasteiger partial charge >= 0.3 is 3.36 Å². The van der Waals surface area contributed by atoms with Crippen molar-refractivity contribution in [2.75, 3.05) is 5.33 Å². The molecule has 1 unspecified atom stereocenters. The Bertz CT molecular complexity index is 575. The largest absolute Gasteiger partial charge is 0.367 e. The number of nitrogens with two attached hydrogens (primary N) is 1. The molecule has 0 aliphatic carbocycles. The van der Waals surface area contributed by atoms with E-state index < -0.39 is 21.7 Å². The molecule has 0 aliphatic rings. The zero-order valence-corrected chi connectivity index (χ0v) is 22.0. The van der Waals surface area contributed by atoms with Gasteiger partial charge in [-0.2, -0.15) is 15.8 Å². The average Bonchev–Trinajstić information content (AvgIpc) is 2.52. The molecule has 0 aromatic rings. The zero-order valence-electron chi connectivity index (χ0n) is 12.5. The maximum absolute atomic E-state index is 10.2. The number of hydrogen-bond donors (Lipinski definition) is 1. The molecule has 0 bridgehead atoms. The van der Waals surface area contributed by atoms with Gasteiger partial charge in [0.1, 0.15) is 10.4 Å². The minimum Gasteiger partial charge on any atom is -0.367 e. The molecule has 8 nitrogen and oxygen atoms in total. The van der Waals surface area contributed by atoms with Gasteiger partial charge in [0.2, 0.25) is 3.23 Å². The van der Waals surface area contributed by atoms with E-state index in [9.17, 15) is 14.9 Å². The second kappa shape index (κ2) is 14.3. The molecule has 0 rings (SSSR count). The molecule has 0 aromatic heterocycles. The van der Waals surface area contributed by atoms with Crippen LogP contribution in [0.4, 0.5) is 0 Å². The lowest BCUT2D eigenvalue weighted by atomic mass is 10.1. The normalized spacial score (nSPS) is 12.3. The fourth-order valence-electron chi connectivity index (χ4n) is 0.462.